The number of unbranched alkanes of at least 4 members (excludes halogenated alkanes) is 1. The Bertz CT molecular complexity index is 196. The number of carbonyl (C=O) groups excluding carboxylic acids is 1. The first kappa shape index (κ1) is 11.8. The zero-order valence-electron chi connectivity index (χ0n) is 9.13. The van der Waals surface area contributed by atoms with E-state index in [2.05, 4.69) is 13.8 Å². The molecule has 1 rings (SSSR count). The highest BCUT2D eigenvalue weighted by Gasteiger charge is 2.26. The van der Waals surface area contributed by atoms with Gasteiger partial charge in [-0.25, -0.2) is 0 Å². The quantitative estimate of drug-likeness (QED) is 0.666. The van der Waals surface area contributed by atoms with E-state index < -0.39 is 0 Å². The van der Waals surface area contributed by atoms with Crippen LogP contribution in [0.1, 0.15) is 39.5 Å². The fourth-order valence-corrected chi connectivity index (χ4v) is 2.03. The molecule has 1 aliphatic rings. The van der Waals surface area contributed by atoms with Crippen molar-refractivity contribution in [2.45, 2.75) is 44.9 Å². The highest BCUT2D eigenvalue weighted by Crippen LogP contribution is 2.22. The third kappa shape index (κ3) is 3.16. The number of hydrogen-bond donors (Lipinski definition) is 0. The maximum atomic E-state index is 11.7. The molecule has 1 amide bonds. The third-order valence-corrected chi connectivity index (χ3v) is 3.53. The van der Waals surface area contributed by atoms with Gasteiger partial charge in [0.25, 0.3) is 0 Å². The lowest BCUT2D eigenvalue weighted by Gasteiger charge is -2.34. The van der Waals surface area contributed by atoms with Gasteiger partial charge in [-0.2, -0.15) is 0 Å². The summed E-state index contributed by atoms with van der Waals surface area (Å²) in [5.74, 6) is 0.830. The van der Waals surface area contributed by atoms with Crippen molar-refractivity contribution in [3.63, 3.8) is 0 Å². The molecule has 0 aliphatic carbocycles. The van der Waals surface area contributed by atoms with Crippen LogP contribution >= 0.6 is 11.6 Å². The first-order valence-electron chi connectivity index (χ1n) is 5.57. The normalized spacial score (nSPS) is 27.8. The van der Waals surface area contributed by atoms with Gasteiger partial charge in [0.1, 0.15) is 0 Å². The summed E-state index contributed by atoms with van der Waals surface area (Å²) in [7, 11) is 0. The number of likely N-dealkylation sites (tertiary alicyclic amines) is 1. The first-order valence-corrected chi connectivity index (χ1v) is 6.00. The van der Waals surface area contributed by atoms with Crippen LogP contribution in [-0.4, -0.2) is 29.3 Å². The minimum absolute atomic E-state index is 0.148. The van der Waals surface area contributed by atoms with E-state index in [9.17, 15) is 4.79 Å². The van der Waals surface area contributed by atoms with Crippen LogP contribution in [0.15, 0.2) is 0 Å². The topological polar surface area (TPSA) is 20.3 Å². The van der Waals surface area contributed by atoms with Gasteiger partial charge in [-0.3, -0.25) is 4.79 Å². The SMILES string of the molecule is CCCCC(=O)N1CCC(C)C(Cl)C1. The number of alkyl halides is 1. The van der Waals surface area contributed by atoms with Crippen LogP contribution < -0.4 is 0 Å². The van der Waals surface area contributed by atoms with Gasteiger partial charge < -0.3 is 4.90 Å². The van der Waals surface area contributed by atoms with Crippen LogP contribution in [0, 0.1) is 5.92 Å². The molecule has 0 bridgehead atoms. The molecule has 1 saturated heterocycles. The minimum Gasteiger partial charge on any atom is -0.341 e. The van der Waals surface area contributed by atoms with Crippen molar-refractivity contribution >= 4 is 17.5 Å². The van der Waals surface area contributed by atoms with Crippen molar-refractivity contribution in [3.05, 3.63) is 0 Å². The summed E-state index contributed by atoms with van der Waals surface area (Å²) in [4.78, 5) is 13.6. The molecule has 0 saturated carbocycles. The van der Waals surface area contributed by atoms with E-state index in [4.69, 9.17) is 11.6 Å². The molecule has 3 heteroatoms. The molecule has 2 atom stereocenters. The van der Waals surface area contributed by atoms with Crippen molar-refractivity contribution in [1.82, 2.24) is 4.90 Å². The van der Waals surface area contributed by atoms with Crippen molar-refractivity contribution < 1.29 is 4.79 Å². The van der Waals surface area contributed by atoms with Gasteiger partial charge in [0, 0.05) is 19.5 Å². The lowest BCUT2D eigenvalue weighted by Crippen LogP contribution is -2.43. The second-order valence-electron chi connectivity index (χ2n) is 4.23. The average molecular weight is 218 g/mol. The van der Waals surface area contributed by atoms with E-state index in [1.165, 1.54) is 0 Å². The van der Waals surface area contributed by atoms with Gasteiger partial charge in [0.2, 0.25) is 5.91 Å². The van der Waals surface area contributed by atoms with Gasteiger partial charge in [0.15, 0.2) is 0 Å². The van der Waals surface area contributed by atoms with Crippen LogP contribution in [0.4, 0.5) is 0 Å². The Labute approximate surface area is 91.6 Å². The monoisotopic (exact) mass is 217 g/mol. The van der Waals surface area contributed by atoms with E-state index in [0.717, 1.165) is 32.4 Å². The smallest absolute Gasteiger partial charge is 0.222 e. The number of carbonyl (C=O) groups is 1. The van der Waals surface area contributed by atoms with Gasteiger partial charge >= 0.3 is 0 Å². The van der Waals surface area contributed by atoms with Crippen molar-refractivity contribution in [2.24, 2.45) is 5.92 Å². The molecule has 0 N–H and O–H groups in total. The zero-order valence-corrected chi connectivity index (χ0v) is 9.89. The Kier molecular flexibility index (Phi) is 4.73. The lowest BCUT2D eigenvalue weighted by atomic mass is 9.98. The van der Waals surface area contributed by atoms with Crippen LogP contribution in [0.3, 0.4) is 0 Å². The molecule has 0 spiro atoms. The summed E-state index contributed by atoms with van der Waals surface area (Å²) in [6, 6.07) is 0. The number of nitrogens with zero attached hydrogens (tertiary/aromatic N) is 1. The Hall–Kier alpha value is -0.240. The summed E-state index contributed by atoms with van der Waals surface area (Å²) in [5.41, 5.74) is 0. The van der Waals surface area contributed by atoms with Crippen LogP contribution in [0.5, 0.6) is 0 Å². The molecule has 0 aromatic rings. The minimum atomic E-state index is 0.148. The summed E-state index contributed by atoms with van der Waals surface area (Å²) >= 11 is 6.15. The Morgan fingerprint density at radius 3 is 2.86 bits per heavy atom. The van der Waals surface area contributed by atoms with Gasteiger partial charge in [-0.15, -0.1) is 11.6 Å². The number of piperidine rings is 1. The number of halogens is 1. The maximum absolute atomic E-state index is 11.7. The fourth-order valence-electron chi connectivity index (χ4n) is 1.73. The third-order valence-electron chi connectivity index (χ3n) is 2.96. The molecule has 0 radical (unpaired) electrons. The van der Waals surface area contributed by atoms with E-state index in [1.807, 2.05) is 4.90 Å². The van der Waals surface area contributed by atoms with Crippen LogP contribution in [-0.2, 0) is 4.79 Å². The number of amides is 1. The van der Waals surface area contributed by atoms with E-state index in [-0.39, 0.29) is 11.3 Å². The van der Waals surface area contributed by atoms with Gasteiger partial charge in [-0.05, 0) is 18.8 Å². The summed E-state index contributed by atoms with van der Waals surface area (Å²) in [6.45, 7) is 5.90. The highest BCUT2D eigenvalue weighted by atomic mass is 35.5. The predicted molar refractivity (Wildman–Crippen MR) is 59.5 cm³/mol. The van der Waals surface area contributed by atoms with Crippen LogP contribution in [0.25, 0.3) is 0 Å². The molecule has 14 heavy (non-hydrogen) atoms. The summed E-state index contributed by atoms with van der Waals surface area (Å²) in [6.07, 6.45) is 3.82. The molecule has 82 valence electrons. The largest absolute Gasteiger partial charge is 0.341 e. The van der Waals surface area contributed by atoms with E-state index in [1.54, 1.807) is 0 Å². The fraction of sp³-hybridized carbons (Fsp3) is 0.909. The maximum Gasteiger partial charge on any atom is 0.222 e. The first-order chi connectivity index (χ1) is 6.65. The number of rotatable bonds is 3. The molecule has 0 aromatic carbocycles. The van der Waals surface area contributed by atoms with Crippen LogP contribution in [0.2, 0.25) is 0 Å². The van der Waals surface area contributed by atoms with Crippen molar-refractivity contribution in [2.75, 3.05) is 13.1 Å². The van der Waals surface area contributed by atoms with E-state index >= 15 is 0 Å². The molecular weight excluding hydrogens is 198 g/mol. The molecule has 0 aromatic heterocycles. The molecule has 1 heterocycles. The molecule has 2 unspecified atom stereocenters. The molecule has 1 fully saturated rings. The second kappa shape index (κ2) is 5.59. The van der Waals surface area contributed by atoms with Gasteiger partial charge in [-0.1, -0.05) is 20.3 Å². The Morgan fingerprint density at radius 1 is 1.57 bits per heavy atom. The lowest BCUT2D eigenvalue weighted by molar-refractivity contribution is -0.132. The standard InChI is InChI=1S/C11H20ClNO/c1-3-4-5-11(14)13-7-6-9(2)10(12)8-13/h9-10H,3-8H2,1-2H3. The summed E-state index contributed by atoms with van der Waals surface area (Å²) in [5, 5.41) is 0.148. The zero-order chi connectivity index (χ0) is 10.6. The molecule has 1 aliphatic heterocycles. The number of hydrogen-bond acceptors (Lipinski definition) is 1. The Balaban J connectivity index is 2.34. The highest BCUT2D eigenvalue weighted by molar-refractivity contribution is 6.21. The van der Waals surface area contributed by atoms with Crippen molar-refractivity contribution in [1.29, 1.82) is 0 Å². The molecule has 2 nitrogen and oxygen atoms in total. The molecular formula is C11H20ClNO. The van der Waals surface area contributed by atoms with Gasteiger partial charge in [0.05, 0.1) is 5.38 Å². The second-order valence-corrected chi connectivity index (χ2v) is 4.79. The van der Waals surface area contributed by atoms with Crippen molar-refractivity contribution in [3.8, 4) is 0 Å². The Morgan fingerprint density at radius 2 is 2.29 bits per heavy atom. The predicted octanol–water partition coefficient (Wildman–Crippen LogP) is 2.65. The summed E-state index contributed by atoms with van der Waals surface area (Å²) < 4.78 is 0. The average Bonchev–Trinajstić information content (AvgIpc) is 2.18. The van der Waals surface area contributed by atoms with E-state index in [0.29, 0.717) is 12.3 Å².